The van der Waals surface area contributed by atoms with E-state index in [1.807, 2.05) is 0 Å². The normalized spacial score (nSPS) is 30.6. The van der Waals surface area contributed by atoms with Crippen LogP contribution in [0.25, 0.3) is 0 Å². The Morgan fingerprint density at radius 1 is 1.20 bits per heavy atom. The zero-order valence-corrected chi connectivity index (χ0v) is 9.40. The summed E-state index contributed by atoms with van der Waals surface area (Å²) in [6.07, 6.45) is 2.41. The van der Waals surface area contributed by atoms with Crippen molar-refractivity contribution >= 4 is 0 Å². The predicted octanol–water partition coefficient (Wildman–Crippen LogP) is -0.225. The molecule has 15 heavy (non-hydrogen) atoms. The molecule has 2 aliphatic heterocycles. The maximum Gasteiger partial charge on any atom is 0.0622 e. The lowest BCUT2D eigenvalue weighted by molar-refractivity contribution is 0.143. The van der Waals surface area contributed by atoms with Crippen LogP contribution in [0.2, 0.25) is 0 Å². The molecule has 4 heteroatoms. The Hall–Kier alpha value is -0.160. The first-order chi connectivity index (χ1) is 7.40. The molecule has 1 atom stereocenters. The summed E-state index contributed by atoms with van der Waals surface area (Å²) in [5, 5.41) is 8.91. The van der Waals surface area contributed by atoms with Crippen LogP contribution < -0.4 is 0 Å². The van der Waals surface area contributed by atoms with E-state index in [9.17, 15) is 0 Å². The molecule has 4 nitrogen and oxygen atoms in total. The van der Waals surface area contributed by atoms with Gasteiger partial charge in [0.1, 0.15) is 0 Å². The summed E-state index contributed by atoms with van der Waals surface area (Å²) in [7, 11) is 0. The van der Waals surface area contributed by atoms with Crippen LogP contribution in [-0.2, 0) is 4.74 Å². The van der Waals surface area contributed by atoms with Crippen LogP contribution in [0.4, 0.5) is 0 Å². The molecule has 2 saturated heterocycles. The number of hydrogen-bond acceptors (Lipinski definition) is 4. The molecular weight excluding hydrogens is 192 g/mol. The SMILES string of the molecule is OCCN1CCCN(C2CCOC2)CC1. The minimum Gasteiger partial charge on any atom is -0.395 e. The van der Waals surface area contributed by atoms with Crippen LogP contribution in [0.5, 0.6) is 0 Å². The van der Waals surface area contributed by atoms with Gasteiger partial charge in [-0.05, 0) is 25.9 Å². The average Bonchev–Trinajstić information content (AvgIpc) is 2.67. The van der Waals surface area contributed by atoms with Gasteiger partial charge in [0.15, 0.2) is 0 Å². The molecule has 0 radical (unpaired) electrons. The maximum absolute atomic E-state index is 8.91. The molecule has 2 heterocycles. The summed E-state index contributed by atoms with van der Waals surface area (Å²) in [4.78, 5) is 4.92. The van der Waals surface area contributed by atoms with Crippen molar-refractivity contribution in [3.8, 4) is 0 Å². The van der Waals surface area contributed by atoms with Crippen molar-refractivity contribution in [2.24, 2.45) is 0 Å². The fourth-order valence-electron chi connectivity index (χ4n) is 2.53. The van der Waals surface area contributed by atoms with E-state index in [2.05, 4.69) is 9.80 Å². The third kappa shape index (κ3) is 3.14. The number of aliphatic hydroxyl groups is 1. The summed E-state index contributed by atoms with van der Waals surface area (Å²) >= 11 is 0. The highest BCUT2D eigenvalue weighted by Gasteiger charge is 2.24. The Kier molecular flexibility index (Phi) is 4.38. The molecular formula is C11H22N2O2. The number of hydrogen-bond donors (Lipinski definition) is 1. The predicted molar refractivity (Wildman–Crippen MR) is 58.9 cm³/mol. The molecule has 1 unspecified atom stereocenters. The lowest BCUT2D eigenvalue weighted by Crippen LogP contribution is -2.39. The molecule has 0 aromatic heterocycles. The van der Waals surface area contributed by atoms with Crippen LogP contribution in [-0.4, -0.2) is 73.5 Å². The van der Waals surface area contributed by atoms with Gasteiger partial charge in [0, 0.05) is 32.3 Å². The van der Waals surface area contributed by atoms with Crippen LogP contribution in [0.3, 0.4) is 0 Å². The smallest absolute Gasteiger partial charge is 0.0622 e. The van der Waals surface area contributed by atoms with E-state index >= 15 is 0 Å². The zero-order valence-electron chi connectivity index (χ0n) is 9.40. The Balaban J connectivity index is 1.78. The molecule has 1 N–H and O–H groups in total. The summed E-state index contributed by atoms with van der Waals surface area (Å²) in [6.45, 7) is 7.51. The van der Waals surface area contributed by atoms with Crippen molar-refractivity contribution in [3.63, 3.8) is 0 Å². The Bertz CT molecular complexity index is 183. The second-order valence-corrected chi connectivity index (χ2v) is 4.47. The second kappa shape index (κ2) is 5.80. The maximum atomic E-state index is 8.91. The van der Waals surface area contributed by atoms with Gasteiger partial charge in [-0.1, -0.05) is 0 Å². The first-order valence-electron chi connectivity index (χ1n) is 6.05. The summed E-state index contributed by atoms with van der Waals surface area (Å²) in [5.74, 6) is 0. The zero-order chi connectivity index (χ0) is 10.5. The molecule has 0 aromatic rings. The van der Waals surface area contributed by atoms with Gasteiger partial charge in [-0.25, -0.2) is 0 Å². The van der Waals surface area contributed by atoms with Gasteiger partial charge >= 0.3 is 0 Å². The molecule has 0 aliphatic carbocycles. The molecule has 0 saturated carbocycles. The van der Waals surface area contributed by atoms with Crippen molar-refractivity contribution < 1.29 is 9.84 Å². The average molecular weight is 214 g/mol. The van der Waals surface area contributed by atoms with Gasteiger partial charge in [0.25, 0.3) is 0 Å². The fraction of sp³-hybridized carbons (Fsp3) is 1.00. The van der Waals surface area contributed by atoms with Crippen molar-refractivity contribution in [1.29, 1.82) is 0 Å². The van der Waals surface area contributed by atoms with E-state index in [-0.39, 0.29) is 6.61 Å². The largest absolute Gasteiger partial charge is 0.395 e. The van der Waals surface area contributed by atoms with E-state index in [1.54, 1.807) is 0 Å². The molecule has 0 amide bonds. The number of β-amino-alcohol motifs (C(OH)–C–C–N with tert-alkyl or cyclic N) is 1. The Morgan fingerprint density at radius 2 is 2.13 bits per heavy atom. The van der Waals surface area contributed by atoms with Gasteiger partial charge < -0.3 is 9.84 Å². The molecule has 88 valence electrons. The highest BCUT2D eigenvalue weighted by atomic mass is 16.5. The van der Waals surface area contributed by atoms with E-state index < -0.39 is 0 Å². The van der Waals surface area contributed by atoms with Gasteiger partial charge in [-0.2, -0.15) is 0 Å². The lowest BCUT2D eigenvalue weighted by Gasteiger charge is -2.26. The molecule has 0 bridgehead atoms. The summed E-state index contributed by atoms with van der Waals surface area (Å²) in [5.41, 5.74) is 0. The van der Waals surface area contributed by atoms with E-state index in [1.165, 1.54) is 19.4 Å². The van der Waals surface area contributed by atoms with E-state index in [0.29, 0.717) is 6.04 Å². The first-order valence-corrected chi connectivity index (χ1v) is 6.05. The lowest BCUT2D eigenvalue weighted by atomic mass is 10.2. The van der Waals surface area contributed by atoms with Crippen molar-refractivity contribution in [3.05, 3.63) is 0 Å². The minimum atomic E-state index is 0.284. The van der Waals surface area contributed by atoms with Gasteiger partial charge in [-0.15, -0.1) is 0 Å². The van der Waals surface area contributed by atoms with Crippen LogP contribution in [0.1, 0.15) is 12.8 Å². The van der Waals surface area contributed by atoms with Crippen molar-refractivity contribution in [1.82, 2.24) is 9.80 Å². The van der Waals surface area contributed by atoms with E-state index in [4.69, 9.17) is 9.84 Å². The summed E-state index contributed by atoms with van der Waals surface area (Å²) in [6, 6.07) is 0.652. The Labute approximate surface area is 91.8 Å². The highest BCUT2D eigenvalue weighted by molar-refractivity contribution is 4.79. The number of aliphatic hydroxyl groups excluding tert-OH is 1. The van der Waals surface area contributed by atoms with Gasteiger partial charge in [0.05, 0.1) is 13.2 Å². The fourth-order valence-corrected chi connectivity index (χ4v) is 2.53. The van der Waals surface area contributed by atoms with E-state index in [0.717, 1.165) is 39.4 Å². The highest BCUT2D eigenvalue weighted by Crippen LogP contribution is 2.14. The second-order valence-electron chi connectivity index (χ2n) is 4.47. The quantitative estimate of drug-likeness (QED) is 0.704. The number of rotatable bonds is 3. The standard InChI is InChI=1S/C11H22N2O2/c14-8-7-12-3-1-4-13(6-5-12)11-2-9-15-10-11/h11,14H,1-10H2. The van der Waals surface area contributed by atoms with Crippen LogP contribution in [0.15, 0.2) is 0 Å². The minimum absolute atomic E-state index is 0.284. The van der Waals surface area contributed by atoms with Crippen LogP contribution >= 0.6 is 0 Å². The van der Waals surface area contributed by atoms with Crippen molar-refractivity contribution in [2.45, 2.75) is 18.9 Å². The molecule has 0 aromatic carbocycles. The molecule has 2 rings (SSSR count). The first kappa shape index (κ1) is 11.3. The number of ether oxygens (including phenoxy) is 1. The monoisotopic (exact) mass is 214 g/mol. The van der Waals surface area contributed by atoms with Crippen molar-refractivity contribution in [2.75, 3.05) is 52.5 Å². The molecule has 2 aliphatic rings. The molecule has 2 fully saturated rings. The third-order valence-corrected chi connectivity index (χ3v) is 3.46. The third-order valence-electron chi connectivity index (χ3n) is 3.46. The number of nitrogens with zero attached hydrogens (tertiary/aromatic N) is 2. The van der Waals surface area contributed by atoms with Crippen LogP contribution in [0, 0.1) is 0 Å². The Morgan fingerprint density at radius 3 is 2.87 bits per heavy atom. The van der Waals surface area contributed by atoms with Gasteiger partial charge in [-0.3, -0.25) is 9.80 Å². The van der Waals surface area contributed by atoms with Gasteiger partial charge in [0.2, 0.25) is 0 Å². The molecule has 0 spiro atoms. The topological polar surface area (TPSA) is 35.9 Å². The summed E-state index contributed by atoms with van der Waals surface area (Å²) < 4.78 is 5.43.